The molecule has 0 unspecified atom stereocenters. The first kappa shape index (κ1) is 16.4. The van der Waals surface area contributed by atoms with Crippen molar-refractivity contribution < 1.29 is 13.2 Å². The number of hydrogen-bond donors (Lipinski definition) is 0. The Hall–Kier alpha value is -1.50. The molecule has 0 aromatic heterocycles. The summed E-state index contributed by atoms with van der Waals surface area (Å²) in [5, 5.41) is -0.252. The molecule has 23 heavy (non-hydrogen) atoms. The first-order chi connectivity index (χ1) is 11.0. The molecule has 1 heterocycles. The van der Waals surface area contributed by atoms with E-state index in [1.54, 1.807) is 35.3 Å². The van der Waals surface area contributed by atoms with E-state index >= 15 is 0 Å². The molecular formula is C17H19NO3S2. The van der Waals surface area contributed by atoms with Crippen LogP contribution < -0.4 is 4.74 Å². The lowest BCUT2D eigenvalue weighted by Gasteiger charge is -2.24. The number of ether oxygens (including phenoxy) is 1. The van der Waals surface area contributed by atoms with Crippen LogP contribution in [0, 0.1) is 6.92 Å². The Labute approximate surface area is 141 Å². The monoisotopic (exact) mass is 349 g/mol. The van der Waals surface area contributed by atoms with Crippen molar-refractivity contribution in [1.82, 2.24) is 4.31 Å². The number of nitrogens with zero attached hydrogens (tertiary/aromatic N) is 1. The van der Waals surface area contributed by atoms with Crippen molar-refractivity contribution >= 4 is 21.8 Å². The van der Waals surface area contributed by atoms with E-state index in [-0.39, 0.29) is 5.37 Å². The van der Waals surface area contributed by atoms with Crippen LogP contribution >= 0.6 is 11.8 Å². The zero-order chi connectivity index (χ0) is 16.4. The third-order valence-corrected chi connectivity index (χ3v) is 7.14. The minimum atomic E-state index is -3.52. The second-order valence-electron chi connectivity index (χ2n) is 5.39. The molecule has 0 amide bonds. The van der Waals surface area contributed by atoms with Crippen molar-refractivity contribution in [3.05, 3.63) is 59.7 Å². The summed E-state index contributed by atoms with van der Waals surface area (Å²) in [6, 6.07) is 14.6. The molecule has 4 nitrogen and oxygen atoms in total. The molecular weight excluding hydrogens is 330 g/mol. The summed E-state index contributed by atoms with van der Waals surface area (Å²) < 4.78 is 33.0. The van der Waals surface area contributed by atoms with Gasteiger partial charge in [0.1, 0.15) is 5.75 Å². The predicted octanol–water partition coefficient (Wildman–Crippen LogP) is 3.44. The first-order valence-corrected chi connectivity index (χ1v) is 9.86. The molecule has 1 aliphatic heterocycles. The predicted molar refractivity (Wildman–Crippen MR) is 93.3 cm³/mol. The Bertz CT molecular complexity index is 788. The highest BCUT2D eigenvalue weighted by molar-refractivity contribution is 8.01. The number of sulfonamides is 1. The lowest BCUT2D eigenvalue weighted by molar-refractivity contribution is 0.390. The third kappa shape index (κ3) is 3.11. The average Bonchev–Trinajstić information content (AvgIpc) is 3.05. The van der Waals surface area contributed by atoms with Gasteiger partial charge in [-0.2, -0.15) is 4.31 Å². The van der Waals surface area contributed by atoms with Crippen molar-refractivity contribution in [3.63, 3.8) is 0 Å². The van der Waals surface area contributed by atoms with Gasteiger partial charge in [-0.25, -0.2) is 8.42 Å². The number of rotatable bonds is 4. The lowest BCUT2D eigenvalue weighted by Crippen LogP contribution is -2.30. The minimum absolute atomic E-state index is 0.252. The smallest absolute Gasteiger partial charge is 0.244 e. The summed E-state index contributed by atoms with van der Waals surface area (Å²) in [7, 11) is -1.91. The molecule has 1 aliphatic rings. The normalized spacial score (nSPS) is 19.0. The Balaban J connectivity index is 1.99. The molecule has 2 aromatic carbocycles. The van der Waals surface area contributed by atoms with E-state index in [9.17, 15) is 8.42 Å². The van der Waals surface area contributed by atoms with Crippen LogP contribution in [0.15, 0.2) is 53.4 Å². The van der Waals surface area contributed by atoms with Crippen LogP contribution in [-0.4, -0.2) is 32.1 Å². The van der Waals surface area contributed by atoms with Gasteiger partial charge in [-0.3, -0.25) is 0 Å². The maximum atomic E-state index is 13.0. The van der Waals surface area contributed by atoms with Gasteiger partial charge < -0.3 is 4.74 Å². The second-order valence-corrected chi connectivity index (χ2v) is 8.47. The summed E-state index contributed by atoms with van der Waals surface area (Å²) in [4.78, 5) is 0.338. The minimum Gasteiger partial charge on any atom is -0.496 e. The van der Waals surface area contributed by atoms with Crippen molar-refractivity contribution in [2.24, 2.45) is 0 Å². The number of aryl methyl sites for hydroxylation is 1. The molecule has 0 saturated carbocycles. The Morgan fingerprint density at radius 3 is 2.52 bits per heavy atom. The number of thioether (sulfide) groups is 1. The van der Waals surface area contributed by atoms with Gasteiger partial charge >= 0.3 is 0 Å². The first-order valence-electron chi connectivity index (χ1n) is 7.37. The highest BCUT2D eigenvalue weighted by atomic mass is 32.2. The van der Waals surface area contributed by atoms with E-state index < -0.39 is 10.0 Å². The van der Waals surface area contributed by atoms with Crippen LogP contribution in [0.4, 0.5) is 0 Å². The molecule has 0 bridgehead atoms. The quantitative estimate of drug-likeness (QED) is 0.848. The fourth-order valence-electron chi connectivity index (χ4n) is 2.66. The van der Waals surface area contributed by atoms with Crippen molar-refractivity contribution in [3.8, 4) is 5.75 Å². The second kappa shape index (κ2) is 6.55. The van der Waals surface area contributed by atoms with Gasteiger partial charge in [0.25, 0.3) is 0 Å². The van der Waals surface area contributed by atoms with Gasteiger partial charge in [0, 0.05) is 17.9 Å². The van der Waals surface area contributed by atoms with Gasteiger partial charge in [0.15, 0.2) is 0 Å². The summed E-state index contributed by atoms with van der Waals surface area (Å²) in [6.07, 6.45) is 0. The molecule has 3 rings (SSSR count). The van der Waals surface area contributed by atoms with E-state index in [0.29, 0.717) is 11.4 Å². The van der Waals surface area contributed by atoms with Crippen LogP contribution in [0.3, 0.4) is 0 Å². The number of para-hydroxylation sites is 1. The molecule has 1 atom stereocenters. The molecule has 0 N–H and O–H groups in total. The highest BCUT2D eigenvalue weighted by Gasteiger charge is 2.37. The van der Waals surface area contributed by atoms with Gasteiger partial charge in [0.2, 0.25) is 10.0 Å². The lowest BCUT2D eigenvalue weighted by atomic mass is 10.2. The molecule has 1 fully saturated rings. The van der Waals surface area contributed by atoms with Crippen molar-refractivity contribution in [2.75, 3.05) is 19.4 Å². The number of methoxy groups -OCH3 is 1. The molecule has 2 aromatic rings. The topological polar surface area (TPSA) is 46.6 Å². The van der Waals surface area contributed by atoms with Crippen molar-refractivity contribution in [2.45, 2.75) is 17.2 Å². The van der Waals surface area contributed by atoms with Gasteiger partial charge in [-0.15, -0.1) is 11.8 Å². The molecule has 1 saturated heterocycles. The van der Waals surface area contributed by atoms with Crippen LogP contribution in [0.5, 0.6) is 5.75 Å². The average molecular weight is 349 g/mol. The Morgan fingerprint density at radius 1 is 1.13 bits per heavy atom. The van der Waals surface area contributed by atoms with Gasteiger partial charge in [0.05, 0.1) is 17.4 Å². The molecule has 0 spiro atoms. The Morgan fingerprint density at radius 2 is 1.83 bits per heavy atom. The van der Waals surface area contributed by atoms with E-state index in [2.05, 4.69) is 0 Å². The van der Waals surface area contributed by atoms with Crippen LogP contribution in [0.1, 0.15) is 16.5 Å². The molecule has 122 valence electrons. The maximum Gasteiger partial charge on any atom is 0.244 e. The highest BCUT2D eigenvalue weighted by Crippen LogP contribution is 2.44. The van der Waals surface area contributed by atoms with Gasteiger partial charge in [-0.1, -0.05) is 35.9 Å². The third-order valence-electron chi connectivity index (χ3n) is 3.88. The van der Waals surface area contributed by atoms with Crippen LogP contribution in [-0.2, 0) is 10.0 Å². The fourth-order valence-corrected chi connectivity index (χ4v) is 5.92. The molecule has 0 radical (unpaired) electrons. The van der Waals surface area contributed by atoms with E-state index in [0.717, 1.165) is 22.6 Å². The summed E-state index contributed by atoms with van der Waals surface area (Å²) >= 11 is 1.62. The molecule has 0 aliphatic carbocycles. The van der Waals surface area contributed by atoms with E-state index in [4.69, 9.17) is 4.74 Å². The summed E-state index contributed by atoms with van der Waals surface area (Å²) in [6.45, 7) is 2.45. The summed E-state index contributed by atoms with van der Waals surface area (Å²) in [5.74, 6) is 1.49. The standard InChI is InChI=1S/C17H19NO3S2/c1-13-7-9-14(10-8-13)23(19,20)18-11-12-22-17(18)15-5-3-4-6-16(15)21-2/h3-10,17H,11-12H2,1-2H3/t17-/m1/s1. The van der Waals surface area contributed by atoms with Crippen LogP contribution in [0.25, 0.3) is 0 Å². The van der Waals surface area contributed by atoms with Crippen LogP contribution in [0.2, 0.25) is 0 Å². The maximum absolute atomic E-state index is 13.0. The van der Waals surface area contributed by atoms with Gasteiger partial charge in [-0.05, 0) is 25.1 Å². The van der Waals surface area contributed by atoms with E-state index in [1.807, 2.05) is 43.3 Å². The largest absolute Gasteiger partial charge is 0.496 e. The number of hydrogen-bond acceptors (Lipinski definition) is 4. The Kier molecular flexibility index (Phi) is 4.66. The van der Waals surface area contributed by atoms with Crippen molar-refractivity contribution in [1.29, 1.82) is 0 Å². The zero-order valence-electron chi connectivity index (χ0n) is 13.1. The van der Waals surface area contributed by atoms with E-state index in [1.165, 1.54) is 0 Å². The molecule has 6 heteroatoms. The summed E-state index contributed by atoms with van der Waals surface area (Å²) in [5.41, 5.74) is 1.94. The number of benzene rings is 2. The SMILES string of the molecule is COc1ccccc1[C@H]1SCCN1S(=O)(=O)c1ccc(C)cc1. The fraction of sp³-hybridized carbons (Fsp3) is 0.294. The zero-order valence-corrected chi connectivity index (χ0v) is 14.7.